The molecule has 0 aromatic heterocycles. The Labute approximate surface area is 66.7 Å². The Bertz CT molecular complexity index is 161. The Morgan fingerprint density at radius 1 is 1.64 bits per heavy atom. The van der Waals surface area contributed by atoms with Gasteiger partial charge in [-0.25, -0.2) is 4.79 Å². The lowest BCUT2D eigenvalue weighted by Crippen LogP contribution is -2.33. The van der Waals surface area contributed by atoms with E-state index in [1.165, 1.54) is 0 Å². The third kappa shape index (κ3) is 1.45. The number of amides is 2. The number of carbonyl (C=O) groups excluding carboxylic acids is 1. The number of methoxy groups -OCH3 is 1. The Kier molecular flexibility index (Phi) is 2.34. The highest BCUT2D eigenvalue weighted by Gasteiger charge is 2.31. The molecule has 0 aromatic carbocycles. The Hall–Kier alpha value is -0.770. The minimum Gasteiger partial charge on any atom is -0.382 e. The van der Waals surface area contributed by atoms with Gasteiger partial charge < -0.3 is 14.5 Å². The molecule has 1 unspecified atom stereocenters. The van der Waals surface area contributed by atoms with Crippen LogP contribution in [0.15, 0.2) is 0 Å². The lowest BCUT2D eigenvalue weighted by molar-refractivity contribution is 0.138. The number of nitrogens with zero attached hydrogens (tertiary/aromatic N) is 2. The first-order valence-corrected chi connectivity index (χ1v) is 3.63. The van der Waals surface area contributed by atoms with Crippen LogP contribution in [-0.4, -0.2) is 56.2 Å². The lowest BCUT2D eigenvalue weighted by Gasteiger charge is -2.15. The summed E-state index contributed by atoms with van der Waals surface area (Å²) in [4.78, 5) is 14.6. The fraction of sp³-hybridized carbons (Fsp3) is 0.857. The van der Waals surface area contributed by atoms with Crippen molar-refractivity contribution >= 4 is 6.03 Å². The fourth-order valence-electron chi connectivity index (χ4n) is 1.30. The predicted octanol–water partition coefficient (Wildman–Crippen LogP) is -0.00140. The summed E-state index contributed by atoms with van der Waals surface area (Å²) < 4.78 is 4.97. The first-order valence-electron chi connectivity index (χ1n) is 3.63. The Balaban J connectivity index is 2.52. The van der Waals surface area contributed by atoms with E-state index in [0.717, 1.165) is 6.54 Å². The van der Waals surface area contributed by atoms with E-state index in [-0.39, 0.29) is 12.1 Å². The van der Waals surface area contributed by atoms with Crippen LogP contribution in [0, 0.1) is 0 Å². The number of rotatable bonds is 2. The van der Waals surface area contributed by atoms with Crippen LogP contribution in [0.25, 0.3) is 0 Å². The molecule has 0 aliphatic carbocycles. The molecule has 4 nitrogen and oxygen atoms in total. The molecule has 1 aliphatic heterocycles. The van der Waals surface area contributed by atoms with Crippen LogP contribution in [0.1, 0.15) is 0 Å². The van der Waals surface area contributed by atoms with Gasteiger partial charge in [0.2, 0.25) is 0 Å². The SMILES string of the molecule is COCC1CN(C)C(=O)N1C. The molecule has 1 heterocycles. The van der Waals surface area contributed by atoms with Crippen molar-refractivity contribution < 1.29 is 9.53 Å². The standard InChI is InChI=1S/C7H14N2O2/c1-8-4-6(5-11-3)9(2)7(8)10/h6H,4-5H2,1-3H3. The molecule has 0 aromatic rings. The summed E-state index contributed by atoms with van der Waals surface area (Å²) in [6, 6.07) is 0.296. The molecule has 4 heteroatoms. The second-order valence-electron chi connectivity index (χ2n) is 2.88. The molecule has 1 saturated heterocycles. The number of likely N-dealkylation sites (N-methyl/N-ethyl adjacent to an activating group) is 2. The van der Waals surface area contributed by atoms with Gasteiger partial charge in [0.05, 0.1) is 12.6 Å². The smallest absolute Gasteiger partial charge is 0.319 e. The predicted molar refractivity (Wildman–Crippen MR) is 41.5 cm³/mol. The van der Waals surface area contributed by atoms with Crippen molar-refractivity contribution in [1.29, 1.82) is 0 Å². The number of ether oxygens (including phenoxy) is 1. The quantitative estimate of drug-likeness (QED) is 0.566. The molecule has 11 heavy (non-hydrogen) atoms. The fourth-order valence-corrected chi connectivity index (χ4v) is 1.30. The average molecular weight is 158 g/mol. The van der Waals surface area contributed by atoms with E-state index in [1.54, 1.807) is 31.0 Å². The van der Waals surface area contributed by atoms with E-state index < -0.39 is 0 Å². The Morgan fingerprint density at radius 3 is 2.64 bits per heavy atom. The van der Waals surface area contributed by atoms with E-state index in [0.29, 0.717) is 6.61 Å². The van der Waals surface area contributed by atoms with E-state index >= 15 is 0 Å². The van der Waals surface area contributed by atoms with Gasteiger partial charge in [-0.3, -0.25) is 0 Å². The van der Waals surface area contributed by atoms with Crippen molar-refractivity contribution in [2.75, 3.05) is 34.4 Å². The monoisotopic (exact) mass is 158 g/mol. The van der Waals surface area contributed by atoms with Crippen molar-refractivity contribution in [3.05, 3.63) is 0 Å². The maximum absolute atomic E-state index is 11.2. The summed E-state index contributed by atoms with van der Waals surface area (Å²) in [5.41, 5.74) is 0. The zero-order valence-electron chi connectivity index (χ0n) is 7.20. The second-order valence-corrected chi connectivity index (χ2v) is 2.88. The normalized spacial score (nSPS) is 25.0. The summed E-state index contributed by atoms with van der Waals surface area (Å²) in [6.45, 7) is 1.38. The molecular formula is C7H14N2O2. The summed E-state index contributed by atoms with van der Waals surface area (Å²) in [5, 5.41) is 0. The zero-order chi connectivity index (χ0) is 8.43. The molecule has 64 valence electrons. The molecule has 1 aliphatic rings. The van der Waals surface area contributed by atoms with Crippen LogP contribution in [0.2, 0.25) is 0 Å². The summed E-state index contributed by atoms with van der Waals surface area (Å²) >= 11 is 0. The van der Waals surface area contributed by atoms with E-state index in [1.807, 2.05) is 0 Å². The third-order valence-corrected chi connectivity index (χ3v) is 2.02. The van der Waals surface area contributed by atoms with Crippen LogP contribution in [-0.2, 0) is 4.74 Å². The Morgan fingerprint density at radius 2 is 2.27 bits per heavy atom. The van der Waals surface area contributed by atoms with Gasteiger partial charge in [0.1, 0.15) is 0 Å². The van der Waals surface area contributed by atoms with Crippen LogP contribution < -0.4 is 0 Å². The van der Waals surface area contributed by atoms with Crippen molar-refractivity contribution in [2.24, 2.45) is 0 Å². The van der Waals surface area contributed by atoms with Crippen LogP contribution in [0.3, 0.4) is 0 Å². The van der Waals surface area contributed by atoms with Crippen molar-refractivity contribution in [2.45, 2.75) is 6.04 Å². The highest BCUT2D eigenvalue weighted by Crippen LogP contribution is 2.11. The van der Waals surface area contributed by atoms with Gasteiger partial charge in [0.15, 0.2) is 0 Å². The molecule has 0 radical (unpaired) electrons. The molecule has 0 saturated carbocycles. The minimum atomic E-state index is 0.0760. The highest BCUT2D eigenvalue weighted by atomic mass is 16.5. The summed E-state index contributed by atoms with van der Waals surface area (Å²) in [6.07, 6.45) is 0. The largest absolute Gasteiger partial charge is 0.382 e. The molecular weight excluding hydrogens is 144 g/mol. The first kappa shape index (κ1) is 8.33. The van der Waals surface area contributed by atoms with E-state index in [2.05, 4.69) is 0 Å². The molecule has 1 fully saturated rings. The van der Waals surface area contributed by atoms with Crippen molar-refractivity contribution in [3.63, 3.8) is 0 Å². The second kappa shape index (κ2) is 3.09. The van der Waals surface area contributed by atoms with Gasteiger partial charge >= 0.3 is 6.03 Å². The lowest BCUT2D eigenvalue weighted by atomic mass is 10.3. The summed E-state index contributed by atoms with van der Waals surface area (Å²) in [5.74, 6) is 0. The van der Waals surface area contributed by atoms with Gasteiger partial charge in [0.25, 0.3) is 0 Å². The number of hydrogen-bond donors (Lipinski definition) is 0. The molecule has 2 amide bonds. The zero-order valence-corrected chi connectivity index (χ0v) is 7.20. The molecule has 0 bridgehead atoms. The minimum absolute atomic E-state index is 0.0760. The number of carbonyl (C=O) groups is 1. The number of urea groups is 1. The maximum Gasteiger partial charge on any atom is 0.319 e. The van der Waals surface area contributed by atoms with Crippen molar-refractivity contribution in [3.8, 4) is 0 Å². The van der Waals surface area contributed by atoms with Gasteiger partial charge in [0, 0.05) is 27.7 Å². The van der Waals surface area contributed by atoms with E-state index in [4.69, 9.17) is 4.74 Å². The molecule has 1 atom stereocenters. The first-order chi connectivity index (χ1) is 5.16. The molecule has 0 spiro atoms. The highest BCUT2D eigenvalue weighted by molar-refractivity contribution is 5.76. The van der Waals surface area contributed by atoms with Crippen LogP contribution in [0.4, 0.5) is 4.79 Å². The molecule has 0 N–H and O–H groups in total. The van der Waals surface area contributed by atoms with Gasteiger partial charge in [-0.2, -0.15) is 0 Å². The summed E-state index contributed by atoms with van der Waals surface area (Å²) in [7, 11) is 5.25. The van der Waals surface area contributed by atoms with Gasteiger partial charge in [-0.15, -0.1) is 0 Å². The topological polar surface area (TPSA) is 32.8 Å². The number of hydrogen-bond acceptors (Lipinski definition) is 2. The third-order valence-electron chi connectivity index (χ3n) is 2.02. The van der Waals surface area contributed by atoms with Crippen LogP contribution >= 0.6 is 0 Å². The van der Waals surface area contributed by atoms with Gasteiger partial charge in [-0.1, -0.05) is 0 Å². The van der Waals surface area contributed by atoms with Crippen molar-refractivity contribution in [1.82, 2.24) is 9.80 Å². The average Bonchev–Trinajstić information content (AvgIpc) is 2.19. The van der Waals surface area contributed by atoms with Gasteiger partial charge in [-0.05, 0) is 0 Å². The maximum atomic E-state index is 11.2. The molecule has 1 rings (SSSR count). The van der Waals surface area contributed by atoms with Crippen LogP contribution in [0.5, 0.6) is 0 Å². The van der Waals surface area contributed by atoms with E-state index in [9.17, 15) is 4.79 Å².